The van der Waals surface area contributed by atoms with Crippen LogP contribution in [0.3, 0.4) is 0 Å². The first-order chi connectivity index (χ1) is 9.45. The van der Waals surface area contributed by atoms with E-state index < -0.39 is 5.41 Å². The van der Waals surface area contributed by atoms with Gasteiger partial charge in [0.15, 0.2) is 0 Å². The standard InChI is InChI=1S/C15H22N4O/c1-8-10(7-16)13(19-18-8)9-4-5-12-11(6-9)15(2,3)14(20)17-12/h4-6,8,10,13,18-19H,7,16H2,1-3H3,(H,17,20). The maximum absolute atomic E-state index is 12.0. The third kappa shape index (κ3) is 1.85. The molecule has 1 amide bonds. The summed E-state index contributed by atoms with van der Waals surface area (Å²) in [7, 11) is 0. The van der Waals surface area contributed by atoms with Crippen LogP contribution >= 0.6 is 0 Å². The third-order valence-corrected chi connectivity index (χ3v) is 4.70. The van der Waals surface area contributed by atoms with Crippen molar-refractivity contribution in [2.45, 2.75) is 38.3 Å². The summed E-state index contributed by atoms with van der Waals surface area (Å²) in [5.74, 6) is 0.409. The van der Waals surface area contributed by atoms with Gasteiger partial charge in [-0.05, 0) is 44.5 Å². The van der Waals surface area contributed by atoms with Gasteiger partial charge in [-0.1, -0.05) is 12.1 Å². The van der Waals surface area contributed by atoms with E-state index in [2.05, 4.69) is 35.2 Å². The summed E-state index contributed by atoms with van der Waals surface area (Å²) < 4.78 is 0. The first-order valence-corrected chi connectivity index (χ1v) is 7.12. The van der Waals surface area contributed by atoms with Crippen LogP contribution in [0.5, 0.6) is 0 Å². The molecule has 0 bridgehead atoms. The molecule has 2 heterocycles. The van der Waals surface area contributed by atoms with E-state index in [1.54, 1.807) is 0 Å². The summed E-state index contributed by atoms with van der Waals surface area (Å²) in [4.78, 5) is 12.0. The first-order valence-electron chi connectivity index (χ1n) is 7.12. The summed E-state index contributed by atoms with van der Waals surface area (Å²) in [6.07, 6.45) is 0. The van der Waals surface area contributed by atoms with Crippen LogP contribution in [-0.2, 0) is 10.2 Å². The second-order valence-electron chi connectivity index (χ2n) is 6.34. The van der Waals surface area contributed by atoms with Gasteiger partial charge < -0.3 is 11.1 Å². The van der Waals surface area contributed by atoms with Crippen molar-refractivity contribution in [3.63, 3.8) is 0 Å². The molecule has 0 radical (unpaired) electrons. The summed E-state index contributed by atoms with van der Waals surface area (Å²) in [6.45, 7) is 6.68. The van der Waals surface area contributed by atoms with E-state index in [-0.39, 0.29) is 11.9 Å². The lowest BCUT2D eigenvalue weighted by atomic mass is 9.83. The number of fused-ring (bicyclic) bond motifs is 1. The second-order valence-corrected chi connectivity index (χ2v) is 6.34. The summed E-state index contributed by atoms with van der Waals surface area (Å²) in [6, 6.07) is 6.72. The smallest absolute Gasteiger partial charge is 0.234 e. The number of hydrogen-bond donors (Lipinski definition) is 4. The Morgan fingerprint density at radius 3 is 2.75 bits per heavy atom. The van der Waals surface area contributed by atoms with Crippen LogP contribution in [0.2, 0.25) is 0 Å². The van der Waals surface area contributed by atoms with Crippen LogP contribution in [-0.4, -0.2) is 18.5 Å². The van der Waals surface area contributed by atoms with Crippen LogP contribution in [0.15, 0.2) is 18.2 Å². The van der Waals surface area contributed by atoms with Crippen molar-refractivity contribution in [3.05, 3.63) is 29.3 Å². The van der Waals surface area contributed by atoms with Gasteiger partial charge in [0.2, 0.25) is 5.91 Å². The molecule has 1 aromatic carbocycles. The van der Waals surface area contributed by atoms with Gasteiger partial charge in [-0.2, -0.15) is 0 Å². The number of benzene rings is 1. The molecule has 108 valence electrons. The number of hydrogen-bond acceptors (Lipinski definition) is 4. The van der Waals surface area contributed by atoms with Crippen molar-refractivity contribution in [3.8, 4) is 0 Å². The van der Waals surface area contributed by atoms with E-state index in [1.165, 1.54) is 5.56 Å². The fourth-order valence-electron chi connectivity index (χ4n) is 3.18. The van der Waals surface area contributed by atoms with Gasteiger partial charge in [0.1, 0.15) is 0 Å². The lowest BCUT2D eigenvalue weighted by molar-refractivity contribution is -0.119. The highest BCUT2D eigenvalue weighted by Crippen LogP contribution is 2.40. The number of nitrogens with two attached hydrogens (primary N) is 1. The zero-order valence-electron chi connectivity index (χ0n) is 12.2. The van der Waals surface area contributed by atoms with Crippen LogP contribution in [0.4, 0.5) is 5.69 Å². The first kappa shape index (κ1) is 13.5. The Balaban J connectivity index is 1.98. The fraction of sp³-hybridized carbons (Fsp3) is 0.533. The minimum atomic E-state index is -0.471. The Morgan fingerprint density at radius 2 is 2.05 bits per heavy atom. The zero-order chi connectivity index (χ0) is 14.5. The minimum absolute atomic E-state index is 0.0610. The normalized spacial score (nSPS) is 31.2. The van der Waals surface area contributed by atoms with E-state index in [0.29, 0.717) is 18.5 Å². The molecule has 2 aliphatic heterocycles. The van der Waals surface area contributed by atoms with Crippen molar-refractivity contribution in [1.82, 2.24) is 10.9 Å². The van der Waals surface area contributed by atoms with Gasteiger partial charge in [0, 0.05) is 17.6 Å². The molecule has 3 rings (SSSR count). The molecular formula is C15H22N4O. The number of anilines is 1. The molecule has 0 spiro atoms. The van der Waals surface area contributed by atoms with Crippen molar-refractivity contribution < 1.29 is 4.79 Å². The SMILES string of the molecule is CC1NNC(c2ccc3c(c2)C(C)(C)C(=O)N3)C1CN. The maximum atomic E-state index is 12.0. The molecule has 5 heteroatoms. The quantitative estimate of drug-likeness (QED) is 0.649. The monoisotopic (exact) mass is 274 g/mol. The zero-order valence-corrected chi connectivity index (χ0v) is 12.2. The van der Waals surface area contributed by atoms with Gasteiger partial charge in [0.25, 0.3) is 0 Å². The van der Waals surface area contributed by atoms with E-state index in [9.17, 15) is 4.79 Å². The average molecular weight is 274 g/mol. The van der Waals surface area contributed by atoms with Crippen LogP contribution < -0.4 is 21.9 Å². The van der Waals surface area contributed by atoms with Crippen molar-refractivity contribution in [2.24, 2.45) is 11.7 Å². The molecule has 5 nitrogen and oxygen atoms in total. The highest BCUT2D eigenvalue weighted by atomic mass is 16.2. The van der Waals surface area contributed by atoms with Crippen LogP contribution in [0, 0.1) is 5.92 Å². The molecule has 0 aromatic heterocycles. The lowest BCUT2D eigenvalue weighted by Crippen LogP contribution is -2.30. The molecule has 2 aliphatic rings. The Morgan fingerprint density at radius 1 is 1.30 bits per heavy atom. The molecular weight excluding hydrogens is 252 g/mol. The molecule has 1 aromatic rings. The van der Waals surface area contributed by atoms with Gasteiger partial charge in [-0.3, -0.25) is 10.2 Å². The number of carbonyl (C=O) groups is 1. The van der Waals surface area contributed by atoms with Gasteiger partial charge in [-0.25, -0.2) is 5.43 Å². The number of amides is 1. The molecule has 1 saturated heterocycles. The molecule has 1 fully saturated rings. The largest absolute Gasteiger partial charge is 0.330 e. The van der Waals surface area contributed by atoms with Crippen LogP contribution in [0.25, 0.3) is 0 Å². The highest BCUT2D eigenvalue weighted by Gasteiger charge is 2.40. The number of hydrazine groups is 1. The Kier molecular flexibility index (Phi) is 3.08. The number of rotatable bonds is 2. The fourth-order valence-corrected chi connectivity index (χ4v) is 3.18. The number of nitrogens with one attached hydrogen (secondary N) is 3. The van der Waals surface area contributed by atoms with E-state index in [4.69, 9.17) is 5.73 Å². The summed E-state index contributed by atoms with van der Waals surface area (Å²) in [5.41, 5.74) is 15.2. The highest BCUT2D eigenvalue weighted by molar-refractivity contribution is 6.05. The second kappa shape index (κ2) is 4.55. The molecule has 20 heavy (non-hydrogen) atoms. The molecule has 3 atom stereocenters. The minimum Gasteiger partial charge on any atom is -0.330 e. The van der Waals surface area contributed by atoms with Gasteiger partial charge in [-0.15, -0.1) is 0 Å². The van der Waals surface area contributed by atoms with E-state index in [0.717, 1.165) is 11.3 Å². The Labute approximate surface area is 119 Å². The summed E-state index contributed by atoms with van der Waals surface area (Å²) >= 11 is 0. The number of carbonyl (C=O) groups excluding carboxylic acids is 1. The molecule has 0 saturated carbocycles. The predicted octanol–water partition coefficient (Wildman–Crippen LogP) is 1.03. The molecule has 3 unspecified atom stereocenters. The maximum Gasteiger partial charge on any atom is 0.234 e. The van der Waals surface area contributed by atoms with Gasteiger partial charge in [0.05, 0.1) is 11.5 Å². The third-order valence-electron chi connectivity index (χ3n) is 4.70. The van der Waals surface area contributed by atoms with Crippen molar-refractivity contribution >= 4 is 11.6 Å². The Hall–Kier alpha value is -1.43. The molecule has 5 N–H and O–H groups in total. The van der Waals surface area contributed by atoms with Crippen LogP contribution in [0.1, 0.15) is 37.9 Å². The van der Waals surface area contributed by atoms with E-state index >= 15 is 0 Å². The molecule has 0 aliphatic carbocycles. The average Bonchev–Trinajstić information content (AvgIpc) is 2.89. The van der Waals surface area contributed by atoms with Gasteiger partial charge >= 0.3 is 0 Å². The topological polar surface area (TPSA) is 79.2 Å². The predicted molar refractivity (Wildman–Crippen MR) is 79.1 cm³/mol. The van der Waals surface area contributed by atoms with Crippen molar-refractivity contribution in [1.29, 1.82) is 0 Å². The Bertz CT molecular complexity index is 555. The summed E-state index contributed by atoms with van der Waals surface area (Å²) in [5, 5.41) is 2.94. The van der Waals surface area contributed by atoms with E-state index in [1.807, 2.05) is 19.9 Å². The lowest BCUT2D eigenvalue weighted by Gasteiger charge is -2.22. The van der Waals surface area contributed by atoms with Crippen molar-refractivity contribution in [2.75, 3.05) is 11.9 Å².